The zero-order valence-electron chi connectivity index (χ0n) is 30.1. The quantitative estimate of drug-likeness (QED) is 0.194. The first-order valence-corrected chi connectivity index (χ1v) is 17.9. The second kappa shape index (κ2) is 11.7. The molecule has 6 aliphatic rings. The molecule has 12 heteroatoms. The minimum Gasteiger partial charge on any atom is -0.481 e. The Balaban J connectivity index is 1.28. The molecule has 0 bridgehead atoms. The minimum absolute atomic E-state index is 0.131. The van der Waals surface area contributed by atoms with Gasteiger partial charge >= 0.3 is 17.9 Å². The van der Waals surface area contributed by atoms with Crippen LogP contribution >= 0.6 is 0 Å². The number of carboxylic acids is 1. The summed E-state index contributed by atoms with van der Waals surface area (Å²) in [5.74, 6) is -2.95. The zero-order chi connectivity index (χ0) is 36.3. The molecule has 2 saturated heterocycles. The Morgan fingerprint density at radius 1 is 1.06 bits per heavy atom. The zero-order valence-corrected chi connectivity index (χ0v) is 30.1. The fraction of sp³-hybridized carbons (Fsp3) is 0.865. The van der Waals surface area contributed by atoms with Gasteiger partial charge in [-0.2, -0.15) is 0 Å². The highest BCUT2D eigenvalue weighted by molar-refractivity contribution is 5.84. The smallest absolute Gasteiger partial charge is 0.314 e. The summed E-state index contributed by atoms with van der Waals surface area (Å²) in [6.45, 7) is 14.1. The highest BCUT2D eigenvalue weighted by atomic mass is 16.7. The van der Waals surface area contributed by atoms with Crippen molar-refractivity contribution in [3.8, 4) is 0 Å². The lowest BCUT2D eigenvalue weighted by molar-refractivity contribution is -0.300. The lowest BCUT2D eigenvalue weighted by Crippen LogP contribution is -2.62. The normalized spacial score (nSPS) is 48.1. The molecule has 5 N–H and O–H groups in total. The first kappa shape index (κ1) is 36.7. The summed E-state index contributed by atoms with van der Waals surface area (Å²) < 4.78 is 23.4. The van der Waals surface area contributed by atoms with Crippen molar-refractivity contribution in [2.45, 2.75) is 149 Å². The highest BCUT2D eigenvalue weighted by Gasteiger charge is 2.81. The van der Waals surface area contributed by atoms with Crippen molar-refractivity contribution < 1.29 is 58.9 Å². The van der Waals surface area contributed by atoms with E-state index in [1.54, 1.807) is 6.92 Å². The minimum atomic E-state index is -1.46. The van der Waals surface area contributed by atoms with Crippen LogP contribution in [0.3, 0.4) is 0 Å². The van der Waals surface area contributed by atoms with E-state index < -0.39 is 77.1 Å². The third-order valence-corrected chi connectivity index (χ3v) is 14.4. The van der Waals surface area contributed by atoms with Crippen molar-refractivity contribution in [1.82, 2.24) is 0 Å². The standard InChI is InChI=1S/C37H56O12/c1-18-15-21(28(33(5,6)45)47-19(2)38)48-29(42)25(18)34(7)13-14-37-17-36(37)12-11-24(49-30-27(41)26(40)20(39)16-46-30)32(3,4)22(36)9-10-23(37)35(34,8)31(43)44/h10,18,20-22,24-28,30,39-41,45H,9,11-17H2,1-8H3,(H,43,44)/t18-,20-,21-,22+,24+,25+,26+,27-,28-,30+,34-,35-,36-,37+/m1/s1. The molecule has 5 fully saturated rings. The summed E-state index contributed by atoms with van der Waals surface area (Å²) in [6, 6.07) is 0. The van der Waals surface area contributed by atoms with Gasteiger partial charge in [0.15, 0.2) is 12.4 Å². The van der Waals surface area contributed by atoms with Crippen LogP contribution in [0.2, 0.25) is 0 Å². The molecule has 0 radical (unpaired) electrons. The van der Waals surface area contributed by atoms with Gasteiger partial charge in [-0.3, -0.25) is 14.4 Å². The molecule has 14 atom stereocenters. The molecular formula is C37H56O12. The molecule has 2 heterocycles. The Morgan fingerprint density at radius 3 is 2.33 bits per heavy atom. The Hall–Kier alpha value is -2.09. The maximum absolute atomic E-state index is 14.0. The molecule has 12 nitrogen and oxygen atoms in total. The number of rotatable bonds is 7. The number of aliphatic hydroxyl groups excluding tert-OH is 3. The molecule has 4 aliphatic carbocycles. The number of hydrogen-bond donors (Lipinski definition) is 5. The van der Waals surface area contributed by atoms with Gasteiger partial charge in [-0.05, 0) is 99.4 Å². The Labute approximate surface area is 288 Å². The third kappa shape index (κ3) is 5.17. The molecular weight excluding hydrogens is 636 g/mol. The van der Waals surface area contributed by atoms with Crippen molar-refractivity contribution in [2.75, 3.05) is 6.61 Å². The number of allylic oxidation sites excluding steroid dienone is 1. The summed E-state index contributed by atoms with van der Waals surface area (Å²) >= 11 is 0. The topological polar surface area (TPSA) is 189 Å². The van der Waals surface area contributed by atoms with Crippen molar-refractivity contribution in [1.29, 1.82) is 0 Å². The molecule has 2 aliphatic heterocycles. The molecule has 49 heavy (non-hydrogen) atoms. The Morgan fingerprint density at radius 2 is 1.73 bits per heavy atom. The molecule has 276 valence electrons. The van der Waals surface area contributed by atoms with E-state index in [1.807, 2.05) is 13.8 Å². The highest BCUT2D eigenvalue weighted by Crippen LogP contribution is 2.86. The Kier molecular flexibility index (Phi) is 8.77. The molecule has 3 saturated carbocycles. The van der Waals surface area contributed by atoms with Gasteiger partial charge in [-0.15, -0.1) is 0 Å². The van der Waals surface area contributed by atoms with Gasteiger partial charge in [-0.1, -0.05) is 33.8 Å². The number of cyclic esters (lactones) is 1. The first-order chi connectivity index (χ1) is 22.6. The van der Waals surface area contributed by atoms with Crippen LogP contribution in [0.5, 0.6) is 0 Å². The van der Waals surface area contributed by atoms with Crippen LogP contribution in [0.15, 0.2) is 11.6 Å². The van der Waals surface area contributed by atoms with Crippen LogP contribution in [-0.2, 0) is 33.3 Å². The van der Waals surface area contributed by atoms with E-state index in [1.165, 1.54) is 20.8 Å². The van der Waals surface area contributed by atoms with Crippen molar-refractivity contribution >= 4 is 17.9 Å². The molecule has 0 aromatic carbocycles. The number of aliphatic carboxylic acids is 1. The van der Waals surface area contributed by atoms with Crippen LogP contribution in [0, 0.1) is 44.8 Å². The molecule has 0 aromatic rings. The van der Waals surface area contributed by atoms with E-state index in [0.29, 0.717) is 25.7 Å². The molecule has 0 amide bonds. The van der Waals surface area contributed by atoms with Gasteiger partial charge in [0.1, 0.15) is 24.4 Å². The van der Waals surface area contributed by atoms with E-state index in [4.69, 9.17) is 18.9 Å². The van der Waals surface area contributed by atoms with E-state index in [0.717, 1.165) is 24.8 Å². The molecule has 2 spiro atoms. The van der Waals surface area contributed by atoms with Gasteiger partial charge in [0.25, 0.3) is 0 Å². The number of aliphatic hydroxyl groups is 4. The average molecular weight is 693 g/mol. The van der Waals surface area contributed by atoms with Gasteiger partial charge in [0.2, 0.25) is 0 Å². The molecule has 0 unspecified atom stereocenters. The summed E-state index contributed by atoms with van der Waals surface area (Å²) in [7, 11) is 0. The fourth-order valence-electron chi connectivity index (χ4n) is 11.7. The van der Waals surface area contributed by atoms with E-state index in [2.05, 4.69) is 19.9 Å². The van der Waals surface area contributed by atoms with Gasteiger partial charge in [0.05, 0.1) is 29.6 Å². The van der Waals surface area contributed by atoms with Gasteiger partial charge < -0.3 is 44.5 Å². The monoisotopic (exact) mass is 692 g/mol. The molecule has 6 rings (SSSR count). The summed E-state index contributed by atoms with van der Waals surface area (Å²) in [4.78, 5) is 39.6. The maximum Gasteiger partial charge on any atom is 0.314 e. The number of carbonyl (C=O) groups excluding carboxylic acids is 2. The Bertz CT molecular complexity index is 1400. The first-order valence-electron chi connectivity index (χ1n) is 17.9. The maximum atomic E-state index is 14.0. The van der Waals surface area contributed by atoms with Crippen LogP contribution in [0.25, 0.3) is 0 Å². The number of carboxylic acid groups (broad SMARTS) is 1. The average Bonchev–Trinajstić information content (AvgIpc) is 3.66. The van der Waals surface area contributed by atoms with Crippen LogP contribution in [-0.4, -0.2) is 98.6 Å². The van der Waals surface area contributed by atoms with Gasteiger partial charge in [0, 0.05) is 12.3 Å². The largest absolute Gasteiger partial charge is 0.481 e. The lowest BCUT2D eigenvalue weighted by Gasteiger charge is -2.61. The second-order valence-electron chi connectivity index (χ2n) is 17.8. The van der Waals surface area contributed by atoms with E-state index in [-0.39, 0.29) is 40.8 Å². The van der Waals surface area contributed by atoms with Crippen molar-refractivity contribution in [3.05, 3.63) is 11.6 Å². The predicted octanol–water partition coefficient (Wildman–Crippen LogP) is 3.11. The van der Waals surface area contributed by atoms with Gasteiger partial charge in [-0.25, -0.2) is 0 Å². The fourth-order valence-corrected chi connectivity index (χ4v) is 11.7. The van der Waals surface area contributed by atoms with Crippen LogP contribution in [0.4, 0.5) is 0 Å². The van der Waals surface area contributed by atoms with E-state index >= 15 is 0 Å². The number of esters is 2. The predicted molar refractivity (Wildman–Crippen MR) is 173 cm³/mol. The molecule has 0 aromatic heterocycles. The number of hydrogen-bond acceptors (Lipinski definition) is 11. The van der Waals surface area contributed by atoms with Crippen molar-refractivity contribution in [3.63, 3.8) is 0 Å². The van der Waals surface area contributed by atoms with Crippen LogP contribution < -0.4 is 0 Å². The summed E-state index contributed by atoms with van der Waals surface area (Å²) in [6.07, 6.45) is -0.534. The van der Waals surface area contributed by atoms with Crippen LogP contribution in [0.1, 0.15) is 100 Å². The summed E-state index contributed by atoms with van der Waals surface area (Å²) in [5, 5.41) is 52.7. The summed E-state index contributed by atoms with van der Waals surface area (Å²) in [5.41, 5.74) is -3.71. The van der Waals surface area contributed by atoms with Crippen molar-refractivity contribution in [2.24, 2.45) is 44.8 Å². The number of carbonyl (C=O) groups is 3. The second-order valence-corrected chi connectivity index (χ2v) is 17.8. The third-order valence-electron chi connectivity index (χ3n) is 14.4. The van der Waals surface area contributed by atoms with E-state index in [9.17, 15) is 39.9 Å². The lowest BCUT2D eigenvalue weighted by atomic mass is 9.42. The number of ether oxygens (including phenoxy) is 4. The SMILES string of the molecule is CC(=O)O[C@H]([C@H]1C[C@@H](C)[C@H]([C@@]2(C)CC[C@@]34C[C@@]35CC[C@H](O[C@@H]3OC[C@@H](O)[C@H](O)[C@H]3O)C(C)(C)[C@@H]5CC=C4[C@]2(C)C(=O)O)C(=O)O1)C(C)(C)O.